The topological polar surface area (TPSA) is 25.8 Å². The third-order valence-corrected chi connectivity index (χ3v) is 4.06. The van der Waals surface area contributed by atoms with Gasteiger partial charge in [0.25, 0.3) is 0 Å². The number of benzene rings is 1. The molecule has 3 aromatic rings. The maximum Gasteiger partial charge on any atom is 0.0989 e. The lowest BCUT2D eigenvalue weighted by Gasteiger charge is -2.11. The highest BCUT2D eigenvalue weighted by molar-refractivity contribution is 7.13. The fraction of sp³-hybridized carbons (Fsp3) is 0.222. The van der Waals surface area contributed by atoms with Crippen LogP contribution in [0.3, 0.4) is 0 Å². The van der Waals surface area contributed by atoms with Gasteiger partial charge in [-0.05, 0) is 29.5 Å². The van der Waals surface area contributed by atoms with Crippen molar-refractivity contribution < 1.29 is 0 Å². The first-order chi connectivity index (χ1) is 10.2. The molecule has 0 saturated heterocycles. The van der Waals surface area contributed by atoms with Crippen LogP contribution in [0.4, 0.5) is 0 Å². The van der Waals surface area contributed by atoms with Crippen LogP contribution in [0.2, 0.25) is 0 Å². The lowest BCUT2D eigenvalue weighted by molar-refractivity contribution is 0.635. The van der Waals surface area contributed by atoms with Gasteiger partial charge >= 0.3 is 0 Å². The zero-order valence-corrected chi connectivity index (χ0v) is 13.0. The second kappa shape index (κ2) is 6.19. The zero-order valence-electron chi connectivity index (χ0n) is 12.2. The van der Waals surface area contributed by atoms with Crippen LogP contribution < -0.4 is 0 Å². The molecular weight excluding hydrogens is 276 g/mol. The van der Waals surface area contributed by atoms with Crippen molar-refractivity contribution in [3.63, 3.8) is 0 Å². The van der Waals surface area contributed by atoms with Gasteiger partial charge in [-0.25, -0.2) is 0 Å². The lowest BCUT2D eigenvalue weighted by atomic mass is 9.98. The number of thiazole rings is 1. The van der Waals surface area contributed by atoms with Gasteiger partial charge in [-0.2, -0.15) is 0 Å². The van der Waals surface area contributed by atoms with E-state index in [1.807, 2.05) is 17.8 Å². The maximum absolute atomic E-state index is 4.51. The SMILES string of the molecule is CC(C)Cc1cc(-c2ccccc2)c(-c2cncs2)[c]n1. The summed E-state index contributed by atoms with van der Waals surface area (Å²) < 4.78 is 0. The largest absolute Gasteiger partial charge is 0.252 e. The van der Waals surface area contributed by atoms with E-state index >= 15 is 0 Å². The Bertz CT molecular complexity index is 703. The first-order valence-electron chi connectivity index (χ1n) is 7.10. The van der Waals surface area contributed by atoms with E-state index in [9.17, 15) is 0 Å². The van der Waals surface area contributed by atoms with Crippen LogP contribution in [-0.4, -0.2) is 9.97 Å². The van der Waals surface area contributed by atoms with E-state index in [1.54, 1.807) is 11.3 Å². The Balaban J connectivity index is 2.12. The Morgan fingerprint density at radius 1 is 1.19 bits per heavy atom. The monoisotopic (exact) mass is 293 g/mol. The van der Waals surface area contributed by atoms with Gasteiger partial charge < -0.3 is 0 Å². The van der Waals surface area contributed by atoms with Gasteiger partial charge in [-0.3, -0.25) is 9.97 Å². The molecule has 0 aliphatic heterocycles. The zero-order chi connectivity index (χ0) is 14.7. The van der Waals surface area contributed by atoms with E-state index in [-0.39, 0.29) is 0 Å². The highest BCUT2D eigenvalue weighted by Gasteiger charge is 2.12. The van der Waals surface area contributed by atoms with E-state index < -0.39 is 0 Å². The van der Waals surface area contributed by atoms with E-state index in [4.69, 9.17) is 0 Å². The molecule has 105 valence electrons. The lowest BCUT2D eigenvalue weighted by Crippen LogP contribution is -1.99. The van der Waals surface area contributed by atoms with E-state index in [0.29, 0.717) is 5.92 Å². The maximum atomic E-state index is 4.51. The van der Waals surface area contributed by atoms with Crippen LogP contribution in [0.15, 0.2) is 48.1 Å². The van der Waals surface area contributed by atoms with Crippen LogP contribution in [0.5, 0.6) is 0 Å². The number of hydrogen-bond acceptors (Lipinski definition) is 3. The normalized spacial score (nSPS) is 11.0. The number of nitrogens with zero attached hydrogens (tertiary/aromatic N) is 2. The molecule has 0 saturated carbocycles. The summed E-state index contributed by atoms with van der Waals surface area (Å²) in [7, 11) is 0. The molecule has 3 heteroatoms. The molecule has 0 aliphatic carbocycles. The fourth-order valence-electron chi connectivity index (χ4n) is 2.35. The summed E-state index contributed by atoms with van der Waals surface area (Å²) in [6.07, 6.45) is 6.09. The van der Waals surface area contributed by atoms with Crippen molar-refractivity contribution in [3.8, 4) is 21.6 Å². The van der Waals surface area contributed by atoms with Crippen molar-refractivity contribution in [1.29, 1.82) is 0 Å². The second-order valence-corrected chi connectivity index (χ2v) is 6.36. The molecule has 2 nitrogen and oxygen atoms in total. The molecule has 0 unspecified atom stereocenters. The molecule has 0 aliphatic rings. The molecule has 21 heavy (non-hydrogen) atoms. The predicted molar refractivity (Wildman–Crippen MR) is 88.2 cm³/mol. The Kier molecular flexibility index (Phi) is 4.11. The van der Waals surface area contributed by atoms with Gasteiger partial charge in [-0.1, -0.05) is 44.2 Å². The van der Waals surface area contributed by atoms with Crippen LogP contribution in [0.25, 0.3) is 21.6 Å². The molecule has 0 N–H and O–H groups in total. The van der Waals surface area contributed by atoms with Gasteiger partial charge in [0.15, 0.2) is 0 Å². The van der Waals surface area contributed by atoms with Crippen molar-refractivity contribution in [2.75, 3.05) is 0 Å². The van der Waals surface area contributed by atoms with E-state index in [1.165, 1.54) is 11.1 Å². The highest BCUT2D eigenvalue weighted by Crippen LogP contribution is 2.33. The summed E-state index contributed by atoms with van der Waals surface area (Å²) in [4.78, 5) is 9.80. The Morgan fingerprint density at radius 2 is 2.00 bits per heavy atom. The van der Waals surface area contributed by atoms with Gasteiger partial charge in [0, 0.05) is 17.5 Å². The van der Waals surface area contributed by atoms with Crippen molar-refractivity contribution in [2.24, 2.45) is 5.92 Å². The van der Waals surface area contributed by atoms with Gasteiger partial charge in [-0.15, -0.1) is 11.3 Å². The van der Waals surface area contributed by atoms with Crippen molar-refractivity contribution in [2.45, 2.75) is 20.3 Å². The van der Waals surface area contributed by atoms with Crippen molar-refractivity contribution in [3.05, 3.63) is 60.0 Å². The molecule has 0 atom stereocenters. The van der Waals surface area contributed by atoms with E-state index in [2.05, 4.69) is 60.3 Å². The van der Waals surface area contributed by atoms with Crippen LogP contribution in [0.1, 0.15) is 19.5 Å². The summed E-state index contributed by atoms with van der Waals surface area (Å²) in [5, 5.41) is 0. The molecule has 0 fully saturated rings. The van der Waals surface area contributed by atoms with Gasteiger partial charge in [0.1, 0.15) is 0 Å². The molecule has 2 aromatic heterocycles. The first kappa shape index (κ1) is 14.0. The molecule has 0 amide bonds. The van der Waals surface area contributed by atoms with Gasteiger partial charge in [0.05, 0.1) is 16.6 Å². The Morgan fingerprint density at radius 3 is 2.67 bits per heavy atom. The fourth-order valence-corrected chi connectivity index (χ4v) is 2.98. The quantitative estimate of drug-likeness (QED) is 0.685. The number of aromatic nitrogens is 2. The summed E-state index contributed by atoms with van der Waals surface area (Å²) in [6, 6.07) is 12.6. The number of pyridine rings is 1. The van der Waals surface area contributed by atoms with Crippen LogP contribution in [-0.2, 0) is 6.42 Å². The predicted octanol–water partition coefficient (Wildman–Crippen LogP) is 4.87. The molecule has 1 aromatic carbocycles. The van der Waals surface area contributed by atoms with Crippen LogP contribution >= 0.6 is 11.3 Å². The third-order valence-electron chi connectivity index (χ3n) is 3.27. The Labute approximate surface area is 129 Å². The van der Waals surface area contributed by atoms with Crippen molar-refractivity contribution in [1.82, 2.24) is 9.97 Å². The minimum absolute atomic E-state index is 0.587. The third kappa shape index (κ3) is 3.19. The second-order valence-electron chi connectivity index (χ2n) is 5.48. The molecule has 3 rings (SSSR count). The van der Waals surface area contributed by atoms with E-state index in [0.717, 1.165) is 22.6 Å². The highest BCUT2D eigenvalue weighted by atomic mass is 32.1. The Hall–Kier alpha value is -2.00. The minimum Gasteiger partial charge on any atom is -0.252 e. The van der Waals surface area contributed by atoms with Crippen LogP contribution in [0, 0.1) is 12.1 Å². The van der Waals surface area contributed by atoms with Gasteiger partial charge in [0.2, 0.25) is 0 Å². The number of hydrogen-bond donors (Lipinski definition) is 0. The summed E-state index contributed by atoms with van der Waals surface area (Å²) >= 11 is 1.62. The smallest absolute Gasteiger partial charge is 0.0989 e. The van der Waals surface area contributed by atoms with Crippen molar-refractivity contribution >= 4 is 11.3 Å². The molecule has 0 spiro atoms. The molecule has 2 heterocycles. The summed E-state index contributed by atoms with van der Waals surface area (Å²) in [5.74, 6) is 0.587. The average Bonchev–Trinajstić information content (AvgIpc) is 3.01. The minimum atomic E-state index is 0.587. The summed E-state index contributed by atoms with van der Waals surface area (Å²) in [6.45, 7) is 4.42. The standard InChI is InChI=1S/C18H17N2S/c1-13(2)8-15-9-16(14-6-4-3-5-7-14)17(10-20-15)18-11-19-12-21-18/h3-7,9,11-13H,8H2,1-2H3. The average molecular weight is 293 g/mol. The first-order valence-corrected chi connectivity index (χ1v) is 7.98. The molecule has 0 bridgehead atoms. The summed E-state index contributed by atoms with van der Waals surface area (Å²) in [5.41, 5.74) is 6.36. The number of rotatable bonds is 4. The molecule has 1 radical (unpaired) electrons. The molecular formula is C18H17N2S.